The minimum atomic E-state index is 0.238. The van der Waals surface area contributed by atoms with Crippen LogP contribution in [-0.2, 0) is 5.41 Å². The molecule has 4 unspecified atom stereocenters. The molecule has 0 heteroatoms. The summed E-state index contributed by atoms with van der Waals surface area (Å²) in [6.07, 6.45) is 29.2. The van der Waals surface area contributed by atoms with Gasteiger partial charge in [0.25, 0.3) is 0 Å². The lowest BCUT2D eigenvalue weighted by atomic mass is 9.26. The molecule has 8 saturated carbocycles. The quantitative estimate of drug-likeness (QED) is 0.398. The maximum Gasteiger partial charge on any atom is 0.0257 e. The third-order valence-electron chi connectivity index (χ3n) is 12.2. The number of terminal acetylenes is 2. The first-order chi connectivity index (χ1) is 15.9. The van der Waals surface area contributed by atoms with E-state index in [0.29, 0.717) is 32.5 Å². The minimum absolute atomic E-state index is 0.238. The largest absolute Gasteiger partial charge is 0.115 e. The summed E-state index contributed by atoms with van der Waals surface area (Å²) in [4.78, 5) is 0. The van der Waals surface area contributed by atoms with E-state index in [2.05, 4.69) is 51.7 Å². The van der Waals surface area contributed by atoms with Crippen molar-refractivity contribution >= 4 is 0 Å². The van der Waals surface area contributed by atoms with Gasteiger partial charge in [-0.15, -0.1) is 12.8 Å². The van der Waals surface area contributed by atoms with Crippen LogP contribution < -0.4 is 0 Å². The number of hydrogen-bond donors (Lipinski definition) is 0. The van der Waals surface area contributed by atoms with Crippen LogP contribution >= 0.6 is 0 Å². The van der Waals surface area contributed by atoms with E-state index in [9.17, 15) is 0 Å². The molecule has 34 heavy (non-hydrogen) atoms. The van der Waals surface area contributed by atoms with Crippen molar-refractivity contribution in [1.29, 1.82) is 0 Å². The van der Waals surface area contributed by atoms with E-state index < -0.39 is 0 Å². The summed E-state index contributed by atoms with van der Waals surface area (Å²) in [6, 6.07) is 6.72. The van der Waals surface area contributed by atoms with Crippen molar-refractivity contribution in [3.8, 4) is 24.7 Å². The molecular formula is C34H42. The first-order valence-electron chi connectivity index (χ1n) is 14.0. The van der Waals surface area contributed by atoms with Crippen molar-refractivity contribution in [1.82, 2.24) is 0 Å². The first-order valence-corrected chi connectivity index (χ1v) is 14.0. The molecule has 0 saturated heterocycles. The minimum Gasteiger partial charge on any atom is -0.115 e. The highest BCUT2D eigenvalue weighted by Crippen LogP contribution is 2.83. The van der Waals surface area contributed by atoms with Crippen LogP contribution in [0.2, 0.25) is 0 Å². The van der Waals surface area contributed by atoms with Gasteiger partial charge in [-0.1, -0.05) is 39.5 Å². The van der Waals surface area contributed by atoms with E-state index in [1.807, 2.05) is 6.07 Å². The molecule has 8 aliphatic rings. The van der Waals surface area contributed by atoms with Gasteiger partial charge < -0.3 is 0 Å². The number of benzene rings is 1. The summed E-state index contributed by atoms with van der Waals surface area (Å²) in [7, 11) is 0. The van der Waals surface area contributed by atoms with Gasteiger partial charge in [0, 0.05) is 11.1 Å². The highest BCUT2D eigenvalue weighted by molar-refractivity contribution is 5.49. The third kappa shape index (κ3) is 2.70. The number of hydrogen-bond acceptors (Lipinski definition) is 0. The van der Waals surface area contributed by atoms with E-state index in [1.54, 1.807) is 0 Å². The normalized spacial score (nSPS) is 54.1. The Balaban J connectivity index is 1.41. The molecule has 0 aromatic heterocycles. The fraction of sp³-hybridized carbons (Fsp3) is 0.706. The molecule has 0 nitrogen and oxygen atoms in total. The zero-order valence-corrected chi connectivity index (χ0v) is 21.9. The Hall–Kier alpha value is -1.66. The van der Waals surface area contributed by atoms with E-state index in [4.69, 9.17) is 12.8 Å². The Labute approximate surface area is 208 Å². The van der Waals surface area contributed by atoms with Gasteiger partial charge in [0.2, 0.25) is 0 Å². The topological polar surface area (TPSA) is 0 Å². The third-order valence-corrected chi connectivity index (χ3v) is 12.2. The molecule has 0 radical (unpaired) electrons. The van der Waals surface area contributed by atoms with Crippen molar-refractivity contribution in [2.75, 3.05) is 0 Å². The Morgan fingerprint density at radius 2 is 1.09 bits per heavy atom. The fourth-order valence-electron chi connectivity index (χ4n) is 13.7. The van der Waals surface area contributed by atoms with Gasteiger partial charge >= 0.3 is 0 Å². The zero-order valence-electron chi connectivity index (χ0n) is 21.9. The van der Waals surface area contributed by atoms with Crippen LogP contribution in [0.5, 0.6) is 0 Å². The van der Waals surface area contributed by atoms with Crippen molar-refractivity contribution in [2.24, 2.45) is 38.4 Å². The van der Waals surface area contributed by atoms with Gasteiger partial charge in [-0.3, -0.25) is 0 Å². The molecular weight excluding hydrogens is 408 g/mol. The number of rotatable bonds is 2. The first kappa shape index (κ1) is 21.6. The zero-order chi connectivity index (χ0) is 23.8. The highest BCUT2D eigenvalue weighted by atomic mass is 14.8. The Morgan fingerprint density at radius 3 is 1.59 bits per heavy atom. The van der Waals surface area contributed by atoms with Gasteiger partial charge in [0.05, 0.1) is 0 Å². The molecule has 1 aromatic rings. The molecule has 4 atom stereocenters. The SMILES string of the molecule is C#Cc1cc(C#C)cc(C23CC4(C)CC(C)(C2)CC(C25CC6CC(C)(CC(C)(C6)C2)C5)(C4)C3)c1. The molecule has 8 bridgehead atoms. The summed E-state index contributed by atoms with van der Waals surface area (Å²) in [6.45, 7) is 10.6. The van der Waals surface area contributed by atoms with Gasteiger partial charge in [0.1, 0.15) is 0 Å². The monoisotopic (exact) mass is 450 g/mol. The van der Waals surface area contributed by atoms with Crippen LogP contribution in [0.25, 0.3) is 0 Å². The second kappa shape index (κ2) is 6.00. The van der Waals surface area contributed by atoms with Gasteiger partial charge in [-0.05, 0) is 145 Å². The van der Waals surface area contributed by atoms with Crippen LogP contribution in [0.15, 0.2) is 18.2 Å². The van der Waals surface area contributed by atoms with Crippen LogP contribution in [0.1, 0.15) is 121 Å². The second-order valence-electron chi connectivity index (χ2n) is 16.2. The predicted molar refractivity (Wildman–Crippen MR) is 140 cm³/mol. The Bertz CT molecular complexity index is 1110. The average molecular weight is 451 g/mol. The molecule has 0 N–H and O–H groups in total. The van der Waals surface area contributed by atoms with E-state index in [-0.39, 0.29) is 5.41 Å². The molecule has 1 aromatic carbocycles. The lowest BCUT2D eigenvalue weighted by Crippen LogP contribution is -2.69. The van der Waals surface area contributed by atoms with Crippen LogP contribution in [0.3, 0.4) is 0 Å². The molecule has 8 fully saturated rings. The van der Waals surface area contributed by atoms with Gasteiger partial charge in [-0.25, -0.2) is 0 Å². The fourth-order valence-corrected chi connectivity index (χ4v) is 13.7. The lowest BCUT2D eigenvalue weighted by molar-refractivity contribution is -0.270. The summed E-state index contributed by atoms with van der Waals surface area (Å²) in [5.41, 5.74) is 6.72. The van der Waals surface area contributed by atoms with E-state index in [1.165, 1.54) is 82.6 Å². The molecule has 178 valence electrons. The smallest absolute Gasteiger partial charge is 0.0257 e. The van der Waals surface area contributed by atoms with Crippen molar-refractivity contribution in [2.45, 2.75) is 110 Å². The van der Waals surface area contributed by atoms with Crippen molar-refractivity contribution < 1.29 is 0 Å². The van der Waals surface area contributed by atoms with Crippen molar-refractivity contribution in [3.63, 3.8) is 0 Å². The molecule has 0 amide bonds. The Kier molecular flexibility index (Phi) is 3.81. The lowest BCUT2D eigenvalue weighted by Gasteiger charge is -2.78. The van der Waals surface area contributed by atoms with E-state index >= 15 is 0 Å². The predicted octanol–water partition coefficient (Wildman–Crippen LogP) is 8.26. The molecule has 8 aliphatic carbocycles. The van der Waals surface area contributed by atoms with E-state index in [0.717, 1.165) is 17.0 Å². The molecule has 0 spiro atoms. The highest BCUT2D eigenvalue weighted by Gasteiger charge is 2.74. The maximum absolute atomic E-state index is 5.92. The second-order valence-corrected chi connectivity index (χ2v) is 16.2. The summed E-state index contributed by atoms with van der Waals surface area (Å²) in [5, 5.41) is 0. The summed E-state index contributed by atoms with van der Waals surface area (Å²) in [5.74, 6) is 6.82. The Morgan fingerprint density at radius 1 is 0.588 bits per heavy atom. The standard InChI is InChI=1S/C34H42/c1-7-24-9-25(8-2)11-27(10-24)32-17-30(5)16-31(6,18-32)22-34(21-30,23-32)33-14-26-12-28(3,19-33)15-29(4,13-26)20-33/h1-2,9-11,26H,12-23H2,3-6H3. The van der Waals surface area contributed by atoms with Gasteiger partial charge in [0.15, 0.2) is 0 Å². The molecule has 9 rings (SSSR count). The molecule has 0 aliphatic heterocycles. The molecule has 0 heterocycles. The summed E-state index contributed by atoms with van der Waals surface area (Å²) < 4.78 is 0. The van der Waals surface area contributed by atoms with Gasteiger partial charge in [-0.2, -0.15) is 0 Å². The van der Waals surface area contributed by atoms with Crippen LogP contribution in [-0.4, -0.2) is 0 Å². The van der Waals surface area contributed by atoms with Crippen molar-refractivity contribution in [3.05, 3.63) is 34.9 Å². The summed E-state index contributed by atoms with van der Waals surface area (Å²) >= 11 is 0. The van der Waals surface area contributed by atoms with Crippen LogP contribution in [0, 0.1) is 63.1 Å². The van der Waals surface area contributed by atoms with Crippen LogP contribution in [0.4, 0.5) is 0 Å². The maximum atomic E-state index is 5.92. The average Bonchev–Trinajstić information content (AvgIpc) is 2.68.